The van der Waals surface area contributed by atoms with Gasteiger partial charge in [-0.25, -0.2) is 0 Å². The van der Waals surface area contributed by atoms with Crippen LogP contribution in [0.5, 0.6) is 0 Å². The second-order valence-electron chi connectivity index (χ2n) is 3.18. The Labute approximate surface area is 96.3 Å². The van der Waals surface area contributed by atoms with Crippen molar-refractivity contribution < 1.29 is 0 Å². The average Bonchev–Trinajstić information content (AvgIpc) is 2.71. The maximum Gasteiger partial charge on any atom is 0.123 e. The van der Waals surface area contributed by atoms with Gasteiger partial charge in [0.15, 0.2) is 0 Å². The average molecular weight is 267 g/mol. The SMILES string of the molecule is NCCc1cc(Br)ccc1-n1cnnc1. The minimum absolute atomic E-state index is 0.631. The van der Waals surface area contributed by atoms with Gasteiger partial charge in [0.05, 0.1) is 5.69 Å². The lowest BCUT2D eigenvalue weighted by Gasteiger charge is -2.09. The van der Waals surface area contributed by atoms with Gasteiger partial charge in [0.25, 0.3) is 0 Å². The van der Waals surface area contributed by atoms with Crippen molar-refractivity contribution in [3.8, 4) is 5.69 Å². The summed E-state index contributed by atoms with van der Waals surface area (Å²) in [5, 5.41) is 7.58. The number of aromatic nitrogens is 3. The van der Waals surface area contributed by atoms with E-state index in [2.05, 4.69) is 32.2 Å². The molecule has 1 heterocycles. The molecule has 2 aromatic rings. The summed E-state index contributed by atoms with van der Waals surface area (Å²) in [7, 11) is 0. The van der Waals surface area contributed by atoms with Gasteiger partial charge in [-0.2, -0.15) is 0 Å². The lowest BCUT2D eigenvalue weighted by Crippen LogP contribution is -2.06. The Kier molecular flexibility index (Phi) is 3.13. The third-order valence-electron chi connectivity index (χ3n) is 2.15. The number of hydrogen-bond donors (Lipinski definition) is 1. The Morgan fingerprint density at radius 1 is 1.27 bits per heavy atom. The maximum atomic E-state index is 5.58. The molecule has 0 atom stereocenters. The molecule has 0 spiro atoms. The molecule has 15 heavy (non-hydrogen) atoms. The van der Waals surface area contributed by atoms with E-state index in [4.69, 9.17) is 5.73 Å². The van der Waals surface area contributed by atoms with Gasteiger partial charge in [-0.15, -0.1) is 10.2 Å². The molecule has 1 aromatic carbocycles. The highest BCUT2D eigenvalue weighted by Gasteiger charge is 2.04. The number of nitrogens with zero attached hydrogens (tertiary/aromatic N) is 3. The lowest BCUT2D eigenvalue weighted by atomic mass is 10.1. The molecule has 0 fully saturated rings. The normalized spacial score (nSPS) is 10.5. The third-order valence-corrected chi connectivity index (χ3v) is 2.65. The van der Waals surface area contributed by atoms with Crippen LogP contribution in [0, 0.1) is 0 Å². The molecule has 0 radical (unpaired) electrons. The minimum atomic E-state index is 0.631. The van der Waals surface area contributed by atoms with E-state index in [1.165, 1.54) is 5.56 Å². The van der Waals surface area contributed by atoms with Crippen LogP contribution in [0.25, 0.3) is 5.69 Å². The summed E-state index contributed by atoms with van der Waals surface area (Å²) in [4.78, 5) is 0. The zero-order valence-electron chi connectivity index (χ0n) is 8.10. The number of hydrogen-bond acceptors (Lipinski definition) is 3. The fourth-order valence-corrected chi connectivity index (χ4v) is 1.90. The number of benzene rings is 1. The smallest absolute Gasteiger partial charge is 0.123 e. The fraction of sp³-hybridized carbons (Fsp3) is 0.200. The van der Waals surface area contributed by atoms with E-state index in [9.17, 15) is 0 Å². The Bertz CT molecular complexity index is 439. The van der Waals surface area contributed by atoms with E-state index in [-0.39, 0.29) is 0 Å². The topological polar surface area (TPSA) is 56.7 Å². The number of rotatable bonds is 3. The second-order valence-corrected chi connectivity index (χ2v) is 4.10. The first-order valence-electron chi connectivity index (χ1n) is 4.65. The molecule has 2 N–H and O–H groups in total. The third kappa shape index (κ3) is 2.24. The van der Waals surface area contributed by atoms with Crippen molar-refractivity contribution in [1.82, 2.24) is 14.8 Å². The van der Waals surface area contributed by atoms with Crippen molar-refractivity contribution in [2.24, 2.45) is 5.73 Å². The summed E-state index contributed by atoms with van der Waals surface area (Å²) < 4.78 is 2.94. The summed E-state index contributed by atoms with van der Waals surface area (Å²) in [6.45, 7) is 0.631. The van der Waals surface area contributed by atoms with Crippen LogP contribution in [-0.4, -0.2) is 21.3 Å². The molecule has 0 aliphatic heterocycles. The van der Waals surface area contributed by atoms with Gasteiger partial charge in [0, 0.05) is 4.47 Å². The highest BCUT2D eigenvalue weighted by molar-refractivity contribution is 9.10. The van der Waals surface area contributed by atoms with Crippen LogP contribution in [0.15, 0.2) is 35.3 Å². The first-order valence-corrected chi connectivity index (χ1v) is 5.44. The van der Waals surface area contributed by atoms with Crippen LogP contribution < -0.4 is 5.73 Å². The molecule has 0 unspecified atom stereocenters. The number of halogens is 1. The number of nitrogens with two attached hydrogens (primary N) is 1. The molecule has 0 saturated carbocycles. The van der Waals surface area contributed by atoms with E-state index in [0.29, 0.717) is 6.54 Å². The summed E-state index contributed by atoms with van der Waals surface area (Å²) in [5.41, 5.74) is 7.84. The van der Waals surface area contributed by atoms with Gasteiger partial charge >= 0.3 is 0 Å². The Morgan fingerprint density at radius 3 is 2.67 bits per heavy atom. The Balaban J connectivity index is 2.46. The maximum absolute atomic E-state index is 5.58. The van der Waals surface area contributed by atoms with Gasteiger partial charge in [-0.1, -0.05) is 15.9 Å². The molecule has 0 bridgehead atoms. The van der Waals surface area contributed by atoms with Crippen LogP contribution in [0.4, 0.5) is 0 Å². The summed E-state index contributed by atoms with van der Waals surface area (Å²) >= 11 is 3.45. The molecule has 0 saturated heterocycles. The van der Waals surface area contributed by atoms with E-state index in [1.807, 2.05) is 16.7 Å². The quantitative estimate of drug-likeness (QED) is 0.917. The zero-order chi connectivity index (χ0) is 10.7. The van der Waals surface area contributed by atoms with Crippen LogP contribution >= 0.6 is 15.9 Å². The zero-order valence-corrected chi connectivity index (χ0v) is 9.68. The molecule has 0 amide bonds. The molecule has 4 nitrogen and oxygen atoms in total. The van der Waals surface area contributed by atoms with Crippen molar-refractivity contribution >= 4 is 15.9 Å². The van der Waals surface area contributed by atoms with Crippen LogP contribution in [-0.2, 0) is 6.42 Å². The van der Waals surface area contributed by atoms with Crippen molar-refractivity contribution in [1.29, 1.82) is 0 Å². The Hall–Kier alpha value is -1.20. The summed E-state index contributed by atoms with van der Waals surface area (Å²) in [6, 6.07) is 6.09. The van der Waals surface area contributed by atoms with Gasteiger partial charge in [0.1, 0.15) is 12.7 Å². The van der Waals surface area contributed by atoms with Crippen molar-refractivity contribution in [3.05, 3.63) is 40.9 Å². The van der Waals surface area contributed by atoms with Gasteiger partial charge in [0.2, 0.25) is 0 Å². The lowest BCUT2D eigenvalue weighted by molar-refractivity contribution is 0.932. The summed E-state index contributed by atoms with van der Waals surface area (Å²) in [6.07, 6.45) is 4.21. The van der Waals surface area contributed by atoms with Crippen LogP contribution in [0.2, 0.25) is 0 Å². The molecule has 5 heteroatoms. The molecule has 0 aliphatic rings. The minimum Gasteiger partial charge on any atom is -0.330 e. The van der Waals surface area contributed by atoms with Crippen molar-refractivity contribution in [2.45, 2.75) is 6.42 Å². The van der Waals surface area contributed by atoms with Crippen molar-refractivity contribution in [2.75, 3.05) is 6.54 Å². The molecule has 0 aliphatic carbocycles. The second kappa shape index (κ2) is 4.55. The largest absolute Gasteiger partial charge is 0.330 e. The first kappa shape index (κ1) is 10.3. The predicted molar refractivity (Wildman–Crippen MR) is 61.8 cm³/mol. The Morgan fingerprint density at radius 2 is 2.00 bits per heavy atom. The highest BCUT2D eigenvalue weighted by Crippen LogP contribution is 2.19. The standard InChI is InChI=1S/C10H11BrN4/c11-9-1-2-10(8(5-9)3-4-12)15-6-13-14-7-15/h1-2,5-7H,3-4,12H2. The van der Waals surface area contributed by atoms with Crippen molar-refractivity contribution in [3.63, 3.8) is 0 Å². The molecule has 1 aromatic heterocycles. The fourth-order valence-electron chi connectivity index (χ4n) is 1.49. The molecular weight excluding hydrogens is 256 g/mol. The van der Waals surface area contributed by atoms with Crippen LogP contribution in [0.3, 0.4) is 0 Å². The molecule has 2 rings (SSSR count). The van der Waals surface area contributed by atoms with E-state index in [1.54, 1.807) is 12.7 Å². The van der Waals surface area contributed by atoms with Gasteiger partial charge < -0.3 is 5.73 Å². The van der Waals surface area contributed by atoms with Gasteiger partial charge in [-0.05, 0) is 36.7 Å². The van der Waals surface area contributed by atoms with E-state index in [0.717, 1.165) is 16.6 Å². The van der Waals surface area contributed by atoms with E-state index < -0.39 is 0 Å². The highest BCUT2D eigenvalue weighted by atomic mass is 79.9. The first-order chi connectivity index (χ1) is 7.31. The van der Waals surface area contributed by atoms with E-state index >= 15 is 0 Å². The monoisotopic (exact) mass is 266 g/mol. The van der Waals surface area contributed by atoms with Gasteiger partial charge in [-0.3, -0.25) is 4.57 Å². The molecule has 78 valence electrons. The molecular formula is C10H11BrN4. The van der Waals surface area contributed by atoms with Crippen LogP contribution in [0.1, 0.15) is 5.56 Å². The predicted octanol–water partition coefficient (Wildman–Crippen LogP) is 1.53. The summed E-state index contributed by atoms with van der Waals surface area (Å²) in [5.74, 6) is 0.